The van der Waals surface area contributed by atoms with Gasteiger partial charge in [-0.05, 0) is 36.2 Å². The number of hydrogen-bond donors (Lipinski definition) is 1. The van der Waals surface area contributed by atoms with Crippen LogP contribution >= 0.6 is 23.2 Å². The summed E-state index contributed by atoms with van der Waals surface area (Å²) in [5.74, 6) is 0.717. The summed E-state index contributed by atoms with van der Waals surface area (Å²) in [7, 11) is 0. The molecule has 3 aromatic carbocycles. The van der Waals surface area contributed by atoms with E-state index in [9.17, 15) is 0 Å². The third kappa shape index (κ3) is 5.40. The molecule has 176 valence electrons. The third-order valence-corrected chi connectivity index (χ3v) is 6.91. The first-order valence-electron chi connectivity index (χ1n) is 11.6. The van der Waals surface area contributed by atoms with Gasteiger partial charge in [0.2, 0.25) is 0 Å². The zero-order valence-corrected chi connectivity index (χ0v) is 20.8. The third-order valence-electron chi connectivity index (χ3n) is 6.40. The molecule has 2 heterocycles. The van der Waals surface area contributed by atoms with Gasteiger partial charge >= 0.3 is 0 Å². The van der Waals surface area contributed by atoms with Crippen molar-refractivity contribution in [1.29, 1.82) is 0 Å². The number of anilines is 1. The number of nitrogens with one attached hydrogen (secondary N) is 1. The first-order chi connectivity index (χ1) is 17.0. The number of hydrogen-bond acceptors (Lipinski definition) is 4. The van der Waals surface area contributed by atoms with Gasteiger partial charge in [0.05, 0.1) is 23.1 Å². The van der Waals surface area contributed by atoms with Gasteiger partial charge in [-0.15, -0.1) is 6.58 Å². The van der Waals surface area contributed by atoms with E-state index in [1.54, 1.807) is 6.20 Å². The van der Waals surface area contributed by atoms with Crippen LogP contribution in [0.1, 0.15) is 12.0 Å². The standard InChI is InChI=1S/C29H26Cl2N4/c1-2-29(16-17-35(20-29)19-21-6-4-3-5-7-21)34-26-18-32-27(22-8-12-24(30)13-9-22)28(33-26)23-10-14-25(31)15-11-23/h2-15,18H,1,16-17,19-20H2,(H,33,34)/t29-/m0/s1. The Bertz CT molecular complexity index is 1310. The van der Waals surface area contributed by atoms with Gasteiger partial charge in [-0.3, -0.25) is 9.88 Å². The molecule has 4 aromatic rings. The van der Waals surface area contributed by atoms with Crippen molar-refractivity contribution in [3.63, 3.8) is 0 Å². The van der Waals surface area contributed by atoms with Crippen LogP contribution in [0, 0.1) is 0 Å². The van der Waals surface area contributed by atoms with E-state index in [-0.39, 0.29) is 5.54 Å². The molecule has 0 spiro atoms. The van der Waals surface area contributed by atoms with Gasteiger partial charge in [0.25, 0.3) is 0 Å². The second-order valence-corrected chi connectivity index (χ2v) is 9.77. The van der Waals surface area contributed by atoms with Crippen molar-refractivity contribution in [1.82, 2.24) is 14.9 Å². The minimum atomic E-state index is -0.275. The van der Waals surface area contributed by atoms with Gasteiger partial charge in [0, 0.05) is 40.8 Å². The molecule has 0 amide bonds. The Labute approximate surface area is 216 Å². The van der Waals surface area contributed by atoms with Crippen LogP contribution in [0.15, 0.2) is 97.7 Å². The highest BCUT2D eigenvalue weighted by atomic mass is 35.5. The van der Waals surface area contributed by atoms with Crippen LogP contribution in [-0.2, 0) is 6.54 Å². The fourth-order valence-corrected chi connectivity index (χ4v) is 4.80. The van der Waals surface area contributed by atoms with Crippen LogP contribution < -0.4 is 5.32 Å². The molecule has 4 nitrogen and oxygen atoms in total. The molecule has 1 N–H and O–H groups in total. The van der Waals surface area contributed by atoms with Crippen molar-refractivity contribution in [2.24, 2.45) is 0 Å². The largest absolute Gasteiger partial charge is 0.359 e. The van der Waals surface area contributed by atoms with Crippen molar-refractivity contribution >= 4 is 29.0 Å². The van der Waals surface area contributed by atoms with E-state index in [0.717, 1.165) is 48.6 Å². The van der Waals surface area contributed by atoms with Crippen molar-refractivity contribution < 1.29 is 0 Å². The second kappa shape index (κ2) is 10.2. The molecule has 0 saturated carbocycles. The lowest BCUT2D eigenvalue weighted by molar-refractivity contribution is 0.320. The smallest absolute Gasteiger partial charge is 0.146 e. The quantitative estimate of drug-likeness (QED) is 0.269. The average molecular weight is 501 g/mol. The number of likely N-dealkylation sites (tertiary alicyclic amines) is 1. The van der Waals surface area contributed by atoms with Crippen LogP contribution in [0.4, 0.5) is 5.82 Å². The molecule has 1 fully saturated rings. The first kappa shape index (κ1) is 23.6. The van der Waals surface area contributed by atoms with E-state index >= 15 is 0 Å². The van der Waals surface area contributed by atoms with E-state index in [1.165, 1.54) is 5.56 Å². The average Bonchev–Trinajstić information content (AvgIpc) is 3.28. The lowest BCUT2D eigenvalue weighted by atomic mass is 9.99. The summed E-state index contributed by atoms with van der Waals surface area (Å²) in [6.07, 6.45) is 4.75. The molecule has 0 radical (unpaired) electrons. The Morgan fingerprint density at radius 2 is 1.51 bits per heavy atom. The minimum absolute atomic E-state index is 0.275. The Kier molecular flexibility index (Phi) is 6.87. The molecule has 1 aliphatic heterocycles. The van der Waals surface area contributed by atoms with Gasteiger partial charge < -0.3 is 5.32 Å². The predicted octanol–water partition coefficient (Wildman–Crippen LogP) is 7.36. The summed E-state index contributed by atoms with van der Waals surface area (Å²) in [5, 5.41) is 5.01. The number of halogens is 2. The molecule has 0 bridgehead atoms. The van der Waals surface area contributed by atoms with Crippen LogP contribution in [0.2, 0.25) is 10.0 Å². The van der Waals surface area contributed by atoms with Crippen molar-refractivity contribution in [2.75, 3.05) is 18.4 Å². The van der Waals surface area contributed by atoms with E-state index in [1.807, 2.05) is 60.7 Å². The zero-order chi connectivity index (χ0) is 24.3. The van der Waals surface area contributed by atoms with Gasteiger partial charge in [0.15, 0.2) is 0 Å². The summed E-state index contributed by atoms with van der Waals surface area (Å²) in [6.45, 7) is 6.89. The molecule has 1 aliphatic rings. The molecular formula is C29H26Cl2N4. The topological polar surface area (TPSA) is 41.1 Å². The van der Waals surface area contributed by atoms with E-state index in [0.29, 0.717) is 15.9 Å². The highest BCUT2D eigenvalue weighted by Crippen LogP contribution is 2.33. The molecule has 0 aliphatic carbocycles. The highest BCUT2D eigenvalue weighted by molar-refractivity contribution is 6.31. The fourth-order valence-electron chi connectivity index (χ4n) is 4.54. The van der Waals surface area contributed by atoms with Gasteiger partial charge in [-0.2, -0.15) is 0 Å². The van der Waals surface area contributed by atoms with Gasteiger partial charge in [-0.25, -0.2) is 4.98 Å². The predicted molar refractivity (Wildman–Crippen MR) is 146 cm³/mol. The molecule has 6 heteroatoms. The SMILES string of the molecule is C=C[C@]1(Nc2cnc(-c3ccc(Cl)cc3)c(-c3ccc(Cl)cc3)n2)CCN(Cc2ccccc2)C1. The highest BCUT2D eigenvalue weighted by Gasteiger charge is 2.36. The van der Waals surface area contributed by atoms with Gasteiger partial charge in [-0.1, -0.05) is 83.9 Å². The normalized spacial score (nSPS) is 17.9. The molecule has 1 saturated heterocycles. The first-order valence-corrected chi connectivity index (χ1v) is 12.4. The Balaban J connectivity index is 1.44. The molecule has 1 atom stereocenters. The maximum absolute atomic E-state index is 6.15. The van der Waals surface area contributed by atoms with E-state index < -0.39 is 0 Å². The van der Waals surface area contributed by atoms with Crippen LogP contribution in [0.5, 0.6) is 0 Å². The number of aromatic nitrogens is 2. The van der Waals surface area contributed by atoms with Crippen LogP contribution in [-0.4, -0.2) is 33.5 Å². The van der Waals surface area contributed by atoms with Crippen LogP contribution in [0.25, 0.3) is 22.5 Å². The Morgan fingerprint density at radius 1 is 0.886 bits per heavy atom. The molecule has 1 aromatic heterocycles. The summed E-state index contributed by atoms with van der Waals surface area (Å²) < 4.78 is 0. The lowest BCUT2D eigenvalue weighted by Gasteiger charge is -2.28. The van der Waals surface area contributed by atoms with E-state index in [2.05, 4.69) is 41.1 Å². The van der Waals surface area contributed by atoms with Crippen molar-refractivity contribution in [3.8, 4) is 22.5 Å². The van der Waals surface area contributed by atoms with Gasteiger partial charge in [0.1, 0.15) is 5.82 Å². The summed E-state index contributed by atoms with van der Waals surface area (Å²) in [4.78, 5) is 12.3. The Hall–Kier alpha value is -3.18. The maximum Gasteiger partial charge on any atom is 0.146 e. The van der Waals surface area contributed by atoms with Crippen LogP contribution in [0.3, 0.4) is 0 Å². The molecular weight excluding hydrogens is 475 g/mol. The molecule has 5 rings (SSSR count). The summed E-state index contributed by atoms with van der Waals surface area (Å²) in [5.41, 5.74) is 4.51. The fraction of sp³-hybridized carbons (Fsp3) is 0.172. The van der Waals surface area contributed by atoms with Crippen molar-refractivity contribution in [3.05, 3.63) is 113 Å². The number of nitrogens with zero attached hydrogens (tertiary/aromatic N) is 3. The summed E-state index contributed by atoms with van der Waals surface area (Å²) in [6, 6.07) is 25.9. The number of benzene rings is 3. The second-order valence-electron chi connectivity index (χ2n) is 8.90. The monoisotopic (exact) mass is 500 g/mol. The lowest BCUT2D eigenvalue weighted by Crippen LogP contribution is -2.39. The number of rotatable bonds is 7. The Morgan fingerprint density at radius 3 is 2.14 bits per heavy atom. The van der Waals surface area contributed by atoms with E-state index in [4.69, 9.17) is 33.2 Å². The zero-order valence-electron chi connectivity index (χ0n) is 19.3. The molecule has 35 heavy (non-hydrogen) atoms. The maximum atomic E-state index is 6.15. The summed E-state index contributed by atoms with van der Waals surface area (Å²) >= 11 is 12.3. The molecule has 0 unspecified atom stereocenters. The van der Waals surface area contributed by atoms with Crippen molar-refractivity contribution in [2.45, 2.75) is 18.5 Å². The minimum Gasteiger partial charge on any atom is -0.359 e.